The third kappa shape index (κ3) is 2.54. The van der Waals surface area contributed by atoms with Gasteiger partial charge in [0, 0.05) is 24.8 Å². The molecular formula is C14H15FN4O. The zero-order valence-electron chi connectivity index (χ0n) is 10.9. The van der Waals surface area contributed by atoms with Crippen molar-refractivity contribution in [3.8, 4) is 0 Å². The average Bonchev–Trinajstić information content (AvgIpc) is 3.01. The van der Waals surface area contributed by atoms with Crippen molar-refractivity contribution < 1.29 is 9.18 Å². The number of carbonyl (C=O) groups is 1. The zero-order chi connectivity index (χ0) is 13.9. The van der Waals surface area contributed by atoms with Gasteiger partial charge in [-0.05, 0) is 31.0 Å². The lowest BCUT2D eigenvalue weighted by atomic mass is 10.0. The molecule has 1 amide bonds. The fourth-order valence-electron chi connectivity index (χ4n) is 2.55. The van der Waals surface area contributed by atoms with Crippen molar-refractivity contribution in [1.29, 1.82) is 0 Å². The van der Waals surface area contributed by atoms with Crippen molar-refractivity contribution in [1.82, 2.24) is 19.9 Å². The van der Waals surface area contributed by atoms with E-state index < -0.39 is 0 Å². The number of hydrogen-bond donors (Lipinski definition) is 0. The van der Waals surface area contributed by atoms with Crippen molar-refractivity contribution in [3.05, 3.63) is 48.0 Å². The van der Waals surface area contributed by atoms with E-state index in [1.54, 1.807) is 23.2 Å². The fraction of sp³-hybridized carbons (Fsp3) is 0.357. The predicted molar refractivity (Wildman–Crippen MR) is 70.6 cm³/mol. The number of likely N-dealkylation sites (tertiary alicyclic amines) is 1. The number of piperidine rings is 1. The Morgan fingerprint density at radius 3 is 2.75 bits per heavy atom. The second kappa shape index (κ2) is 5.40. The molecule has 0 bridgehead atoms. The molecule has 1 aromatic carbocycles. The number of aromatic nitrogens is 3. The number of nitrogens with zero attached hydrogens (tertiary/aromatic N) is 4. The molecule has 0 spiro atoms. The SMILES string of the molecule is O=C(c1cccc(F)c1)N1CCC(n2ccnn2)CC1. The second-order valence-electron chi connectivity index (χ2n) is 4.92. The molecule has 2 aromatic rings. The van der Waals surface area contributed by atoms with Crippen molar-refractivity contribution in [2.75, 3.05) is 13.1 Å². The molecule has 1 aromatic heterocycles. The highest BCUT2D eigenvalue weighted by Crippen LogP contribution is 2.22. The highest BCUT2D eigenvalue weighted by atomic mass is 19.1. The predicted octanol–water partition coefficient (Wildman–Crippen LogP) is 1.89. The Kier molecular flexibility index (Phi) is 3.45. The van der Waals surface area contributed by atoms with Crippen LogP contribution in [-0.2, 0) is 0 Å². The molecule has 3 rings (SSSR count). The van der Waals surface area contributed by atoms with Gasteiger partial charge in [0.1, 0.15) is 5.82 Å². The van der Waals surface area contributed by atoms with Crippen LogP contribution < -0.4 is 0 Å². The third-order valence-electron chi connectivity index (χ3n) is 3.64. The maximum absolute atomic E-state index is 13.2. The highest BCUT2D eigenvalue weighted by Gasteiger charge is 2.25. The van der Waals surface area contributed by atoms with E-state index in [2.05, 4.69) is 10.3 Å². The van der Waals surface area contributed by atoms with Gasteiger partial charge in [0.2, 0.25) is 0 Å². The lowest BCUT2D eigenvalue weighted by molar-refractivity contribution is 0.0688. The van der Waals surface area contributed by atoms with Crippen LogP contribution in [0.3, 0.4) is 0 Å². The van der Waals surface area contributed by atoms with Crippen LogP contribution in [0.25, 0.3) is 0 Å². The summed E-state index contributed by atoms with van der Waals surface area (Å²) in [4.78, 5) is 14.0. The van der Waals surface area contributed by atoms with Gasteiger partial charge in [-0.3, -0.25) is 4.79 Å². The second-order valence-corrected chi connectivity index (χ2v) is 4.92. The van der Waals surface area contributed by atoms with Crippen LogP contribution >= 0.6 is 0 Å². The molecule has 0 atom stereocenters. The summed E-state index contributed by atoms with van der Waals surface area (Å²) in [6, 6.07) is 6.12. The molecule has 20 heavy (non-hydrogen) atoms. The summed E-state index contributed by atoms with van der Waals surface area (Å²) in [5, 5.41) is 7.79. The van der Waals surface area contributed by atoms with Gasteiger partial charge in [-0.25, -0.2) is 9.07 Å². The molecule has 5 nitrogen and oxygen atoms in total. The van der Waals surface area contributed by atoms with Gasteiger partial charge in [0.25, 0.3) is 5.91 Å². The van der Waals surface area contributed by atoms with Crippen LogP contribution in [-0.4, -0.2) is 38.9 Å². The van der Waals surface area contributed by atoms with Gasteiger partial charge >= 0.3 is 0 Å². The number of benzene rings is 1. The summed E-state index contributed by atoms with van der Waals surface area (Å²) in [6.07, 6.45) is 5.17. The fourth-order valence-corrected chi connectivity index (χ4v) is 2.55. The summed E-state index contributed by atoms with van der Waals surface area (Å²) >= 11 is 0. The Labute approximate surface area is 116 Å². The Morgan fingerprint density at radius 2 is 2.10 bits per heavy atom. The van der Waals surface area contributed by atoms with Gasteiger partial charge in [0.15, 0.2) is 0 Å². The van der Waals surface area contributed by atoms with Crippen LogP contribution in [0, 0.1) is 5.82 Å². The summed E-state index contributed by atoms with van der Waals surface area (Å²) < 4.78 is 15.0. The highest BCUT2D eigenvalue weighted by molar-refractivity contribution is 5.94. The quantitative estimate of drug-likeness (QED) is 0.840. The van der Waals surface area contributed by atoms with Crippen LogP contribution in [0.15, 0.2) is 36.7 Å². The van der Waals surface area contributed by atoms with Crippen molar-refractivity contribution in [2.45, 2.75) is 18.9 Å². The first-order valence-corrected chi connectivity index (χ1v) is 6.64. The van der Waals surface area contributed by atoms with Crippen molar-refractivity contribution in [3.63, 3.8) is 0 Å². The smallest absolute Gasteiger partial charge is 0.253 e. The van der Waals surface area contributed by atoms with E-state index in [0.717, 1.165) is 12.8 Å². The normalized spacial score (nSPS) is 16.4. The lowest BCUT2D eigenvalue weighted by Crippen LogP contribution is -2.39. The molecule has 1 aliphatic rings. The first kappa shape index (κ1) is 12.8. The van der Waals surface area contributed by atoms with E-state index in [-0.39, 0.29) is 17.8 Å². The molecule has 1 saturated heterocycles. The van der Waals surface area contributed by atoms with E-state index in [4.69, 9.17) is 0 Å². The number of amides is 1. The lowest BCUT2D eigenvalue weighted by Gasteiger charge is -2.31. The maximum atomic E-state index is 13.2. The van der Waals surface area contributed by atoms with E-state index in [9.17, 15) is 9.18 Å². The van der Waals surface area contributed by atoms with Crippen LogP contribution in [0.5, 0.6) is 0 Å². The first-order chi connectivity index (χ1) is 9.74. The summed E-state index contributed by atoms with van der Waals surface area (Å²) in [7, 11) is 0. The Morgan fingerprint density at radius 1 is 1.30 bits per heavy atom. The van der Waals surface area contributed by atoms with E-state index in [1.165, 1.54) is 12.1 Å². The average molecular weight is 274 g/mol. The molecule has 104 valence electrons. The summed E-state index contributed by atoms with van der Waals surface area (Å²) in [5.74, 6) is -0.491. The number of halogens is 1. The molecule has 0 saturated carbocycles. The summed E-state index contributed by atoms with van der Waals surface area (Å²) in [6.45, 7) is 1.31. The number of rotatable bonds is 2. The Balaban J connectivity index is 1.65. The largest absolute Gasteiger partial charge is 0.338 e. The standard InChI is InChI=1S/C14H15FN4O/c15-12-3-1-2-11(10-12)14(20)18-7-4-13(5-8-18)19-9-6-16-17-19/h1-3,6,9-10,13H,4-5,7-8H2. The van der Waals surface area contributed by atoms with Gasteiger partial charge in [-0.2, -0.15) is 0 Å². The molecule has 0 N–H and O–H groups in total. The summed E-state index contributed by atoms with van der Waals surface area (Å²) in [5.41, 5.74) is 0.407. The monoisotopic (exact) mass is 274 g/mol. The van der Waals surface area contributed by atoms with Gasteiger partial charge < -0.3 is 4.90 Å². The zero-order valence-corrected chi connectivity index (χ0v) is 10.9. The Hall–Kier alpha value is -2.24. The maximum Gasteiger partial charge on any atom is 0.253 e. The minimum Gasteiger partial charge on any atom is -0.338 e. The molecule has 0 unspecified atom stereocenters. The van der Waals surface area contributed by atoms with Crippen LogP contribution in [0.2, 0.25) is 0 Å². The van der Waals surface area contributed by atoms with Gasteiger partial charge in [0.05, 0.1) is 12.2 Å². The van der Waals surface area contributed by atoms with E-state index >= 15 is 0 Å². The Bertz CT molecular complexity index is 591. The molecule has 6 heteroatoms. The first-order valence-electron chi connectivity index (χ1n) is 6.64. The van der Waals surface area contributed by atoms with Gasteiger partial charge in [-0.15, -0.1) is 5.10 Å². The van der Waals surface area contributed by atoms with Gasteiger partial charge in [-0.1, -0.05) is 11.3 Å². The molecule has 1 aliphatic heterocycles. The van der Waals surface area contributed by atoms with Crippen molar-refractivity contribution >= 4 is 5.91 Å². The molecule has 0 radical (unpaired) electrons. The van der Waals surface area contributed by atoms with Crippen molar-refractivity contribution in [2.24, 2.45) is 0 Å². The minimum atomic E-state index is -0.381. The number of carbonyl (C=O) groups excluding carboxylic acids is 1. The van der Waals surface area contributed by atoms with E-state index in [0.29, 0.717) is 18.7 Å². The topological polar surface area (TPSA) is 51.0 Å². The van der Waals surface area contributed by atoms with E-state index in [1.807, 2.05) is 10.9 Å². The molecular weight excluding hydrogens is 259 g/mol. The minimum absolute atomic E-state index is 0.110. The van der Waals surface area contributed by atoms with Crippen LogP contribution in [0.4, 0.5) is 4.39 Å². The molecule has 2 heterocycles. The third-order valence-corrected chi connectivity index (χ3v) is 3.64. The molecule has 0 aliphatic carbocycles. The number of hydrogen-bond acceptors (Lipinski definition) is 3. The van der Waals surface area contributed by atoms with Crippen LogP contribution in [0.1, 0.15) is 29.2 Å². The molecule has 1 fully saturated rings.